The summed E-state index contributed by atoms with van der Waals surface area (Å²) < 4.78 is 10.9. The third-order valence-electron chi connectivity index (χ3n) is 6.95. The van der Waals surface area contributed by atoms with E-state index in [2.05, 4.69) is 20.8 Å². The average molecular weight is 484 g/mol. The first-order valence-corrected chi connectivity index (χ1v) is 11.9. The molecular formula is C30H29NO5. The average Bonchev–Trinajstić information content (AvgIpc) is 3.42. The molecule has 6 nitrogen and oxygen atoms in total. The molecule has 1 amide bonds. The smallest absolute Gasteiger partial charge is 0.300 e. The lowest BCUT2D eigenvalue weighted by Gasteiger charge is -2.26. The number of aliphatic hydroxyl groups is 1. The largest absolute Gasteiger partial charge is 0.507 e. The lowest BCUT2D eigenvalue weighted by Crippen LogP contribution is -2.29. The molecule has 0 bridgehead atoms. The van der Waals surface area contributed by atoms with Crippen molar-refractivity contribution in [3.8, 4) is 11.5 Å². The van der Waals surface area contributed by atoms with E-state index in [9.17, 15) is 14.7 Å². The molecule has 36 heavy (non-hydrogen) atoms. The molecule has 5 rings (SSSR count). The molecule has 6 heteroatoms. The number of aliphatic hydroxyl groups excluding tert-OH is 1. The van der Waals surface area contributed by atoms with Gasteiger partial charge in [-0.3, -0.25) is 14.5 Å². The first-order chi connectivity index (χ1) is 17.1. The van der Waals surface area contributed by atoms with Gasteiger partial charge in [-0.1, -0.05) is 57.2 Å². The number of Topliss-reactive ketones (excluding diaryl/α,β-unsaturated/α-hetero) is 1. The molecule has 1 N–H and O–H groups in total. The van der Waals surface area contributed by atoms with E-state index in [-0.39, 0.29) is 23.5 Å². The Labute approximate surface area is 210 Å². The molecule has 2 aliphatic rings. The molecule has 0 radical (unpaired) electrons. The highest BCUT2D eigenvalue weighted by atomic mass is 16.7. The van der Waals surface area contributed by atoms with Crippen LogP contribution >= 0.6 is 0 Å². The highest BCUT2D eigenvalue weighted by molar-refractivity contribution is 6.51. The summed E-state index contributed by atoms with van der Waals surface area (Å²) in [5.74, 6) is -0.538. The van der Waals surface area contributed by atoms with Gasteiger partial charge in [0.2, 0.25) is 6.79 Å². The molecule has 3 aromatic rings. The van der Waals surface area contributed by atoms with Crippen LogP contribution in [0.1, 0.15) is 54.6 Å². The quantitative estimate of drug-likeness (QED) is 0.283. The van der Waals surface area contributed by atoms with Gasteiger partial charge in [0.1, 0.15) is 5.76 Å². The number of amides is 1. The summed E-state index contributed by atoms with van der Waals surface area (Å²) in [5, 5.41) is 11.4. The molecule has 2 heterocycles. The maximum atomic E-state index is 13.4. The predicted molar refractivity (Wildman–Crippen MR) is 138 cm³/mol. The Morgan fingerprint density at radius 2 is 1.58 bits per heavy atom. The maximum absolute atomic E-state index is 13.4. The Kier molecular flexibility index (Phi) is 5.62. The number of rotatable bonds is 3. The number of ketones is 1. The number of nitrogens with zero attached hydrogens (tertiary/aromatic N) is 1. The first-order valence-electron chi connectivity index (χ1n) is 11.9. The fraction of sp³-hybridized carbons (Fsp3) is 0.267. The zero-order chi connectivity index (χ0) is 25.8. The first kappa shape index (κ1) is 23.7. The Balaban J connectivity index is 1.70. The monoisotopic (exact) mass is 483 g/mol. The van der Waals surface area contributed by atoms with Crippen LogP contribution in [-0.4, -0.2) is 23.6 Å². The second-order valence-corrected chi connectivity index (χ2v) is 10.4. The number of hydrogen-bond donors (Lipinski definition) is 1. The van der Waals surface area contributed by atoms with Crippen LogP contribution in [0.5, 0.6) is 11.5 Å². The van der Waals surface area contributed by atoms with E-state index in [1.807, 2.05) is 50.2 Å². The van der Waals surface area contributed by atoms with E-state index in [0.29, 0.717) is 22.7 Å². The summed E-state index contributed by atoms with van der Waals surface area (Å²) in [4.78, 5) is 28.3. The SMILES string of the molecule is Cc1ccc(/C(O)=C2\C(=O)C(=O)N(c3ccc4c(c3)OCO4)C2c2ccc(C(C)(C)C)cc2)cc1C. The standard InChI is InChI=1S/C30H29NO5/c1-17-6-7-20(14-18(17)2)27(32)25-26(19-8-10-21(11-9-19)30(3,4)5)31(29(34)28(25)33)22-12-13-23-24(15-22)36-16-35-23/h6-15,26,32H,16H2,1-5H3/b27-25+. The zero-order valence-electron chi connectivity index (χ0n) is 21.1. The molecule has 0 spiro atoms. The fourth-order valence-corrected chi connectivity index (χ4v) is 4.66. The highest BCUT2D eigenvalue weighted by Crippen LogP contribution is 2.45. The van der Waals surface area contributed by atoms with E-state index in [0.717, 1.165) is 22.3 Å². The number of aryl methyl sites for hydroxylation is 2. The Bertz CT molecular complexity index is 1410. The maximum Gasteiger partial charge on any atom is 0.300 e. The van der Waals surface area contributed by atoms with Gasteiger partial charge in [0.05, 0.1) is 11.6 Å². The highest BCUT2D eigenvalue weighted by Gasteiger charge is 2.47. The molecule has 2 aliphatic heterocycles. The van der Waals surface area contributed by atoms with Crippen LogP contribution in [0.2, 0.25) is 0 Å². The molecule has 3 aromatic carbocycles. The molecule has 0 aromatic heterocycles. The summed E-state index contributed by atoms with van der Waals surface area (Å²) >= 11 is 0. The molecule has 1 fully saturated rings. The van der Waals surface area contributed by atoms with E-state index in [4.69, 9.17) is 9.47 Å². The van der Waals surface area contributed by atoms with Crippen molar-refractivity contribution >= 4 is 23.1 Å². The van der Waals surface area contributed by atoms with Crippen molar-refractivity contribution in [1.29, 1.82) is 0 Å². The van der Waals surface area contributed by atoms with E-state index < -0.39 is 17.7 Å². The Morgan fingerprint density at radius 3 is 2.25 bits per heavy atom. The van der Waals surface area contributed by atoms with Gasteiger partial charge in [-0.05, 0) is 59.7 Å². The van der Waals surface area contributed by atoms with Gasteiger partial charge in [0.25, 0.3) is 11.7 Å². The van der Waals surface area contributed by atoms with Crippen molar-refractivity contribution in [3.63, 3.8) is 0 Å². The third kappa shape index (κ3) is 3.92. The number of ether oxygens (including phenoxy) is 2. The van der Waals surface area contributed by atoms with Crippen molar-refractivity contribution in [2.45, 2.75) is 46.1 Å². The molecule has 0 saturated carbocycles. The summed E-state index contributed by atoms with van der Waals surface area (Å²) in [5.41, 5.74) is 4.90. The summed E-state index contributed by atoms with van der Waals surface area (Å²) in [6.07, 6.45) is 0. The van der Waals surface area contributed by atoms with Gasteiger partial charge < -0.3 is 14.6 Å². The van der Waals surface area contributed by atoms with Crippen LogP contribution < -0.4 is 14.4 Å². The lowest BCUT2D eigenvalue weighted by molar-refractivity contribution is -0.132. The molecule has 1 saturated heterocycles. The van der Waals surface area contributed by atoms with E-state index in [1.165, 1.54) is 4.90 Å². The van der Waals surface area contributed by atoms with Gasteiger partial charge in [0.15, 0.2) is 11.5 Å². The number of carbonyl (C=O) groups excluding carboxylic acids is 2. The fourth-order valence-electron chi connectivity index (χ4n) is 4.66. The number of fused-ring (bicyclic) bond motifs is 1. The van der Waals surface area contributed by atoms with Gasteiger partial charge >= 0.3 is 0 Å². The normalized spacial score (nSPS) is 18.7. The lowest BCUT2D eigenvalue weighted by atomic mass is 9.85. The van der Waals surface area contributed by atoms with Crippen molar-refractivity contribution in [1.82, 2.24) is 0 Å². The van der Waals surface area contributed by atoms with Crippen molar-refractivity contribution in [3.05, 3.63) is 94.1 Å². The molecule has 1 unspecified atom stereocenters. The number of hydrogen-bond acceptors (Lipinski definition) is 5. The second-order valence-electron chi connectivity index (χ2n) is 10.4. The third-order valence-corrected chi connectivity index (χ3v) is 6.95. The second kappa shape index (κ2) is 8.55. The predicted octanol–water partition coefficient (Wildman–Crippen LogP) is 5.96. The molecule has 0 aliphatic carbocycles. The molecule has 184 valence electrons. The minimum Gasteiger partial charge on any atom is -0.507 e. The number of anilines is 1. The number of benzene rings is 3. The molecular weight excluding hydrogens is 454 g/mol. The summed E-state index contributed by atoms with van der Waals surface area (Å²) in [6, 6.07) is 17.7. The Hall–Kier alpha value is -4.06. The summed E-state index contributed by atoms with van der Waals surface area (Å²) in [6.45, 7) is 10.4. The van der Waals surface area contributed by atoms with Crippen LogP contribution in [0.4, 0.5) is 5.69 Å². The zero-order valence-corrected chi connectivity index (χ0v) is 21.1. The van der Waals surface area contributed by atoms with Crippen LogP contribution in [0, 0.1) is 13.8 Å². The van der Waals surface area contributed by atoms with Crippen LogP contribution in [0.25, 0.3) is 5.76 Å². The minimum atomic E-state index is -0.805. The van der Waals surface area contributed by atoms with Gasteiger partial charge in [-0.25, -0.2) is 0 Å². The topological polar surface area (TPSA) is 76.1 Å². The molecule has 1 atom stereocenters. The van der Waals surface area contributed by atoms with Crippen molar-refractivity contribution in [2.75, 3.05) is 11.7 Å². The van der Waals surface area contributed by atoms with E-state index >= 15 is 0 Å². The van der Waals surface area contributed by atoms with Gasteiger partial charge in [-0.2, -0.15) is 0 Å². The van der Waals surface area contributed by atoms with Gasteiger partial charge in [0, 0.05) is 17.3 Å². The summed E-state index contributed by atoms with van der Waals surface area (Å²) in [7, 11) is 0. The number of carbonyl (C=O) groups is 2. The van der Waals surface area contributed by atoms with Crippen molar-refractivity contribution in [2.24, 2.45) is 0 Å². The van der Waals surface area contributed by atoms with Crippen molar-refractivity contribution < 1.29 is 24.2 Å². The van der Waals surface area contributed by atoms with Crippen LogP contribution in [0.3, 0.4) is 0 Å². The van der Waals surface area contributed by atoms with Crippen LogP contribution in [0.15, 0.2) is 66.2 Å². The van der Waals surface area contributed by atoms with Gasteiger partial charge in [-0.15, -0.1) is 0 Å². The Morgan fingerprint density at radius 1 is 0.889 bits per heavy atom. The van der Waals surface area contributed by atoms with E-state index in [1.54, 1.807) is 24.3 Å². The minimum absolute atomic E-state index is 0.0584. The van der Waals surface area contributed by atoms with Crippen LogP contribution in [-0.2, 0) is 15.0 Å².